The quantitative estimate of drug-likeness (QED) is 0.177. The van der Waals surface area contributed by atoms with Gasteiger partial charge in [-0.2, -0.15) is 0 Å². The van der Waals surface area contributed by atoms with Crippen molar-refractivity contribution in [1.82, 2.24) is 0 Å². The van der Waals surface area contributed by atoms with E-state index in [9.17, 15) is 0 Å². The largest absolute Gasteiger partial charge is 0.455 e. The maximum atomic E-state index is 6.57. The molecule has 9 rings (SSSR count). The molecule has 49 heavy (non-hydrogen) atoms. The van der Waals surface area contributed by atoms with E-state index >= 15 is 0 Å². The van der Waals surface area contributed by atoms with Gasteiger partial charge in [0.05, 0.1) is 0 Å². The van der Waals surface area contributed by atoms with E-state index in [2.05, 4.69) is 185 Å². The van der Waals surface area contributed by atoms with Gasteiger partial charge in [0.1, 0.15) is 11.2 Å². The van der Waals surface area contributed by atoms with Crippen molar-refractivity contribution in [1.29, 1.82) is 0 Å². The highest BCUT2D eigenvalue weighted by molar-refractivity contribution is 6.22. The van der Waals surface area contributed by atoms with Gasteiger partial charge in [0.2, 0.25) is 0 Å². The number of benzene rings is 8. The molecule has 0 aliphatic rings. The van der Waals surface area contributed by atoms with Crippen LogP contribution in [0, 0.1) is 0 Å². The lowest BCUT2D eigenvalue weighted by atomic mass is 9.84. The Labute approximate surface area is 287 Å². The van der Waals surface area contributed by atoms with Crippen LogP contribution < -0.4 is 0 Å². The van der Waals surface area contributed by atoms with Crippen molar-refractivity contribution in [2.45, 2.75) is 26.2 Å². The molecule has 0 amide bonds. The third-order valence-electron chi connectivity index (χ3n) is 10.0. The number of rotatable bonds is 4. The van der Waals surface area contributed by atoms with Crippen LogP contribution in [0.5, 0.6) is 0 Å². The van der Waals surface area contributed by atoms with Crippen LogP contribution >= 0.6 is 0 Å². The minimum atomic E-state index is 0.0676. The zero-order valence-electron chi connectivity index (χ0n) is 28.0. The summed E-state index contributed by atoms with van der Waals surface area (Å²) in [7, 11) is 0. The Balaban J connectivity index is 1.25. The zero-order valence-corrected chi connectivity index (χ0v) is 28.0. The fourth-order valence-corrected chi connectivity index (χ4v) is 7.55. The monoisotopic (exact) mass is 628 g/mol. The topological polar surface area (TPSA) is 13.1 Å². The van der Waals surface area contributed by atoms with E-state index < -0.39 is 0 Å². The minimum absolute atomic E-state index is 0.0676. The summed E-state index contributed by atoms with van der Waals surface area (Å²) >= 11 is 0. The number of fused-ring (bicyclic) bond motifs is 5. The Bertz CT molecular complexity index is 2670. The second-order valence-corrected chi connectivity index (χ2v) is 14.1. The molecule has 0 spiro atoms. The van der Waals surface area contributed by atoms with E-state index in [0.29, 0.717) is 0 Å². The van der Waals surface area contributed by atoms with Crippen LogP contribution in [-0.4, -0.2) is 0 Å². The molecule has 0 bridgehead atoms. The van der Waals surface area contributed by atoms with Gasteiger partial charge < -0.3 is 4.42 Å². The van der Waals surface area contributed by atoms with E-state index in [1.807, 2.05) is 0 Å². The summed E-state index contributed by atoms with van der Waals surface area (Å²) in [6, 6.07) is 59.5. The summed E-state index contributed by atoms with van der Waals surface area (Å²) in [5.41, 5.74) is 12.8. The molecule has 0 radical (unpaired) electrons. The highest BCUT2D eigenvalue weighted by atomic mass is 16.3. The van der Waals surface area contributed by atoms with Crippen molar-refractivity contribution in [3.8, 4) is 44.5 Å². The highest BCUT2D eigenvalue weighted by Crippen LogP contribution is 2.45. The summed E-state index contributed by atoms with van der Waals surface area (Å²) in [5.74, 6) is 0. The van der Waals surface area contributed by atoms with Crippen molar-refractivity contribution < 1.29 is 4.42 Å². The third kappa shape index (κ3) is 4.93. The van der Waals surface area contributed by atoms with Crippen molar-refractivity contribution in [3.63, 3.8) is 0 Å². The fraction of sp³-hybridized carbons (Fsp3) is 0.0833. The lowest BCUT2D eigenvalue weighted by Gasteiger charge is -2.19. The minimum Gasteiger partial charge on any atom is -0.455 e. The standard InChI is InChI=1S/C48H36O/c1-48(2,3)36-25-27-44-42(30-36)41-23-13-22-37(47(41)49-44)35-19-12-18-33(28-35)34-24-26-40-43(29-34)46(32-16-8-5-9-17-32)39-21-11-10-20-38(39)45(40)31-14-6-4-7-15-31/h4-30H,1-3H3. The normalized spacial score (nSPS) is 12.0. The first-order valence-electron chi connectivity index (χ1n) is 17.1. The van der Waals surface area contributed by atoms with E-state index in [0.717, 1.165) is 27.7 Å². The second kappa shape index (κ2) is 11.4. The number of hydrogen-bond donors (Lipinski definition) is 0. The maximum absolute atomic E-state index is 6.57. The molecule has 1 nitrogen and oxygen atoms in total. The summed E-state index contributed by atoms with van der Waals surface area (Å²) in [6.07, 6.45) is 0. The van der Waals surface area contributed by atoms with Gasteiger partial charge in [-0.25, -0.2) is 0 Å². The van der Waals surface area contributed by atoms with Crippen molar-refractivity contribution in [3.05, 3.63) is 169 Å². The molecule has 8 aromatic carbocycles. The number of para-hydroxylation sites is 1. The second-order valence-electron chi connectivity index (χ2n) is 14.1. The van der Waals surface area contributed by atoms with Gasteiger partial charge in [-0.05, 0) is 95.7 Å². The molecule has 0 saturated carbocycles. The van der Waals surface area contributed by atoms with Gasteiger partial charge in [-0.3, -0.25) is 0 Å². The third-order valence-corrected chi connectivity index (χ3v) is 10.0. The average molecular weight is 629 g/mol. The first kappa shape index (κ1) is 29.2. The van der Waals surface area contributed by atoms with E-state index in [1.54, 1.807) is 0 Å². The molecule has 0 unspecified atom stereocenters. The summed E-state index contributed by atoms with van der Waals surface area (Å²) < 4.78 is 6.57. The molecule has 0 aliphatic carbocycles. The van der Waals surface area contributed by atoms with Crippen LogP contribution in [0.3, 0.4) is 0 Å². The highest BCUT2D eigenvalue weighted by Gasteiger charge is 2.19. The van der Waals surface area contributed by atoms with Gasteiger partial charge in [0.25, 0.3) is 0 Å². The molecule has 0 N–H and O–H groups in total. The molecule has 0 atom stereocenters. The van der Waals surface area contributed by atoms with Gasteiger partial charge in [0, 0.05) is 16.3 Å². The lowest BCUT2D eigenvalue weighted by molar-refractivity contribution is 0.590. The van der Waals surface area contributed by atoms with Crippen LogP contribution in [-0.2, 0) is 5.41 Å². The predicted octanol–water partition coefficient (Wildman–Crippen LogP) is 13.9. The molecule has 1 heteroatoms. The molecule has 234 valence electrons. The van der Waals surface area contributed by atoms with Gasteiger partial charge in [-0.15, -0.1) is 0 Å². The number of hydrogen-bond acceptors (Lipinski definition) is 1. The predicted molar refractivity (Wildman–Crippen MR) is 209 cm³/mol. The average Bonchev–Trinajstić information content (AvgIpc) is 3.52. The van der Waals surface area contributed by atoms with E-state index in [-0.39, 0.29) is 5.41 Å². The molecule has 9 aromatic rings. The lowest BCUT2D eigenvalue weighted by Crippen LogP contribution is -2.10. The van der Waals surface area contributed by atoms with Crippen LogP contribution in [0.2, 0.25) is 0 Å². The van der Waals surface area contributed by atoms with E-state index in [4.69, 9.17) is 4.42 Å². The SMILES string of the molecule is CC(C)(C)c1ccc2oc3c(-c4cccc(-c5ccc6c(-c7ccccc7)c7ccccc7c(-c7ccccc7)c6c5)c4)cccc3c2c1. The molecule has 0 aliphatic heterocycles. The van der Waals surface area contributed by atoms with Gasteiger partial charge >= 0.3 is 0 Å². The fourth-order valence-electron chi connectivity index (χ4n) is 7.55. The smallest absolute Gasteiger partial charge is 0.143 e. The molecule has 1 aromatic heterocycles. The van der Waals surface area contributed by atoms with Crippen molar-refractivity contribution in [2.24, 2.45) is 0 Å². The van der Waals surface area contributed by atoms with E-state index in [1.165, 1.54) is 65.9 Å². The summed E-state index contributed by atoms with van der Waals surface area (Å²) in [6.45, 7) is 6.77. The van der Waals surface area contributed by atoms with Crippen molar-refractivity contribution in [2.75, 3.05) is 0 Å². The Morgan fingerprint density at radius 3 is 1.61 bits per heavy atom. The molecular weight excluding hydrogens is 593 g/mol. The van der Waals surface area contributed by atoms with Gasteiger partial charge in [-0.1, -0.05) is 160 Å². The summed E-state index contributed by atoms with van der Waals surface area (Å²) in [4.78, 5) is 0. The van der Waals surface area contributed by atoms with Crippen LogP contribution in [0.15, 0.2) is 168 Å². The zero-order chi connectivity index (χ0) is 33.1. The molecule has 1 heterocycles. The molecule has 0 saturated heterocycles. The van der Waals surface area contributed by atoms with Gasteiger partial charge in [0.15, 0.2) is 0 Å². The van der Waals surface area contributed by atoms with Crippen LogP contribution in [0.25, 0.3) is 88.0 Å². The first-order valence-corrected chi connectivity index (χ1v) is 17.1. The Morgan fingerprint density at radius 1 is 0.367 bits per heavy atom. The van der Waals surface area contributed by atoms with Crippen LogP contribution in [0.1, 0.15) is 26.3 Å². The Kier molecular flexibility index (Phi) is 6.78. The van der Waals surface area contributed by atoms with Crippen LogP contribution in [0.4, 0.5) is 0 Å². The molecule has 0 fully saturated rings. The summed E-state index contributed by atoms with van der Waals surface area (Å²) in [5, 5.41) is 7.36. The number of furan rings is 1. The Morgan fingerprint density at radius 2 is 0.918 bits per heavy atom. The maximum Gasteiger partial charge on any atom is 0.143 e. The Hall–Kier alpha value is -5.92. The first-order chi connectivity index (χ1) is 23.9. The van der Waals surface area contributed by atoms with Crippen molar-refractivity contribution >= 4 is 43.5 Å². The molecular formula is C48H36O.